The second-order valence-electron chi connectivity index (χ2n) is 5.74. The van der Waals surface area contributed by atoms with Crippen molar-refractivity contribution in [2.24, 2.45) is 0 Å². The van der Waals surface area contributed by atoms with Crippen LogP contribution in [0, 0.1) is 0 Å². The SMILES string of the molecule is CCCNCc1cc(Br)ccc1N(CCC)CCN(C)C. The normalized spacial score (nSPS) is 11.1. The molecule has 0 saturated heterocycles. The number of benzene rings is 1. The minimum atomic E-state index is 0.935. The average molecular weight is 356 g/mol. The average Bonchev–Trinajstić information content (AvgIpc) is 2.44. The van der Waals surface area contributed by atoms with Crippen molar-refractivity contribution in [1.82, 2.24) is 10.2 Å². The van der Waals surface area contributed by atoms with E-state index in [9.17, 15) is 0 Å². The first-order valence-electron chi connectivity index (χ1n) is 7.97. The maximum Gasteiger partial charge on any atom is 0.0413 e. The molecule has 0 aliphatic heterocycles. The van der Waals surface area contributed by atoms with E-state index in [1.54, 1.807) is 0 Å². The monoisotopic (exact) mass is 355 g/mol. The van der Waals surface area contributed by atoms with E-state index in [-0.39, 0.29) is 0 Å². The third-order valence-electron chi connectivity index (χ3n) is 3.44. The van der Waals surface area contributed by atoms with Gasteiger partial charge >= 0.3 is 0 Å². The summed E-state index contributed by atoms with van der Waals surface area (Å²) in [6.07, 6.45) is 2.34. The number of nitrogens with zero attached hydrogens (tertiary/aromatic N) is 2. The molecule has 0 radical (unpaired) electrons. The van der Waals surface area contributed by atoms with Crippen molar-refractivity contribution in [3.05, 3.63) is 28.2 Å². The van der Waals surface area contributed by atoms with Gasteiger partial charge in [-0.3, -0.25) is 0 Å². The molecule has 0 bridgehead atoms. The zero-order valence-electron chi connectivity index (χ0n) is 14.0. The number of nitrogens with one attached hydrogen (secondary N) is 1. The molecular formula is C17H30BrN3. The summed E-state index contributed by atoms with van der Waals surface area (Å²) in [7, 11) is 4.27. The summed E-state index contributed by atoms with van der Waals surface area (Å²) in [5.41, 5.74) is 2.75. The molecule has 3 nitrogen and oxygen atoms in total. The van der Waals surface area contributed by atoms with E-state index >= 15 is 0 Å². The van der Waals surface area contributed by atoms with Crippen LogP contribution in [0.15, 0.2) is 22.7 Å². The number of anilines is 1. The van der Waals surface area contributed by atoms with Gasteiger partial charge in [-0.15, -0.1) is 0 Å². The highest BCUT2D eigenvalue weighted by Gasteiger charge is 2.11. The highest BCUT2D eigenvalue weighted by molar-refractivity contribution is 9.10. The van der Waals surface area contributed by atoms with Crippen molar-refractivity contribution in [2.75, 3.05) is 45.2 Å². The van der Waals surface area contributed by atoms with Crippen molar-refractivity contribution < 1.29 is 0 Å². The zero-order chi connectivity index (χ0) is 15.7. The second kappa shape index (κ2) is 10.2. The lowest BCUT2D eigenvalue weighted by Crippen LogP contribution is -2.33. The summed E-state index contributed by atoms with van der Waals surface area (Å²) in [4.78, 5) is 4.76. The number of halogens is 1. The molecule has 1 aromatic carbocycles. The molecule has 0 aliphatic rings. The fraction of sp³-hybridized carbons (Fsp3) is 0.647. The van der Waals surface area contributed by atoms with E-state index in [1.165, 1.54) is 24.1 Å². The van der Waals surface area contributed by atoms with Gasteiger partial charge in [0.05, 0.1) is 0 Å². The summed E-state index contributed by atoms with van der Waals surface area (Å²) >= 11 is 3.60. The molecule has 0 fully saturated rings. The second-order valence-corrected chi connectivity index (χ2v) is 6.66. The molecule has 21 heavy (non-hydrogen) atoms. The van der Waals surface area contributed by atoms with Crippen LogP contribution in [0.25, 0.3) is 0 Å². The third kappa shape index (κ3) is 6.81. The van der Waals surface area contributed by atoms with Gasteiger partial charge in [0.2, 0.25) is 0 Å². The molecule has 0 atom stereocenters. The van der Waals surface area contributed by atoms with Gasteiger partial charge in [0, 0.05) is 36.3 Å². The van der Waals surface area contributed by atoms with Gasteiger partial charge in [0.25, 0.3) is 0 Å². The number of hydrogen-bond acceptors (Lipinski definition) is 3. The predicted octanol–water partition coefficient (Wildman–Crippen LogP) is 3.73. The van der Waals surface area contributed by atoms with Gasteiger partial charge in [0.1, 0.15) is 0 Å². The van der Waals surface area contributed by atoms with Gasteiger partial charge in [-0.05, 0) is 57.2 Å². The Morgan fingerprint density at radius 2 is 1.81 bits per heavy atom. The van der Waals surface area contributed by atoms with Crippen LogP contribution < -0.4 is 10.2 Å². The Morgan fingerprint density at radius 3 is 2.43 bits per heavy atom. The Hall–Kier alpha value is -0.580. The number of hydrogen-bond donors (Lipinski definition) is 1. The molecule has 120 valence electrons. The van der Waals surface area contributed by atoms with E-state index in [1.807, 2.05) is 0 Å². The zero-order valence-corrected chi connectivity index (χ0v) is 15.5. The van der Waals surface area contributed by atoms with Crippen LogP contribution >= 0.6 is 15.9 Å². The fourth-order valence-electron chi connectivity index (χ4n) is 2.35. The van der Waals surface area contributed by atoms with Crippen LogP contribution in [0.5, 0.6) is 0 Å². The molecule has 0 aliphatic carbocycles. The highest BCUT2D eigenvalue weighted by atomic mass is 79.9. The van der Waals surface area contributed by atoms with Gasteiger partial charge in [-0.2, -0.15) is 0 Å². The molecule has 0 amide bonds. The van der Waals surface area contributed by atoms with Crippen LogP contribution in [-0.2, 0) is 6.54 Å². The Kier molecular flexibility index (Phi) is 8.97. The summed E-state index contributed by atoms with van der Waals surface area (Å²) in [5.74, 6) is 0. The first-order valence-corrected chi connectivity index (χ1v) is 8.76. The molecule has 0 aromatic heterocycles. The summed E-state index contributed by atoms with van der Waals surface area (Å²) in [6.45, 7) is 9.71. The summed E-state index contributed by atoms with van der Waals surface area (Å²) in [6, 6.07) is 6.64. The van der Waals surface area contributed by atoms with Crippen molar-refractivity contribution >= 4 is 21.6 Å². The number of likely N-dealkylation sites (N-methyl/N-ethyl adjacent to an activating group) is 1. The lowest BCUT2D eigenvalue weighted by Gasteiger charge is -2.28. The summed E-state index contributed by atoms with van der Waals surface area (Å²) in [5, 5.41) is 3.52. The molecule has 0 saturated carbocycles. The summed E-state index contributed by atoms with van der Waals surface area (Å²) < 4.78 is 1.16. The molecular weight excluding hydrogens is 326 g/mol. The van der Waals surface area contributed by atoms with E-state index in [0.717, 1.165) is 37.2 Å². The first kappa shape index (κ1) is 18.5. The largest absolute Gasteiger partial charge is 0.370 e. The van der Waals surface area contributed by atoms with Crippen molar-refractivity contribution in [3.8, 4) is 0 Å². The minimum Gasteiger partial charge on any atom is -0.370 e. The molecule has 0 unspecified atom stereocenters. The van der Waals surface area contributed by atoms with E-state index in [4.69, 9.17) is 0 Å². The lowest BCUT2D eigenvalue weighted by atomic mass is 10.1. The number of rotatable bonds is 10. The van der Waals surface area contributed by atoms with Crippen LogP contribution in [0.2, 0.25) is 0 Å². The first-order chi connectivity index (χ1) is 10.1. The van der Waals surface area contributed by atoms with E-state index in [0.29, 0.717) is 0 Å². The Morgan fingerprint density at radius 1 is 1.05 bits per heavy atom. The Labute approximate surface area is 138 Å². The molecule has 0 heterocycles. The Bertz CT molecular complexity index is 407. The maximum atomic E-state index is 3.60. The predicted molar refractivity (Wildman–Crippen MR) is 97.2 cm³/mol. The van der Waals surface area contributed by atoms with Gasteiger partial charge in [-0.25, -0.2) is 0 Å². The Balaban J connectivity index is 2.88. The molecule has 4 heteroatoms. The smallest absolute Gasteiger partial charge is 0.0413 e. The quantitative estimate of drug-likeness (QED) is 0.645. The topological polar surface area (TPSA) is 18.5 Å². The maximum absolute atomic E-state index is 3.60. The highest BCUT2D eigenvalue weighted by Crippen LogP contribution is 2.25. The van der Waals surface area contributed by atoms with Gasteiger partial charge in [0.15, 0.2) is 0 Å². The molecule has 1 N–H and O–H groups in total. The van der Waals surface area contributed by atoms with E-state index < -0.39 is 0 Å². The standard InChI is InChI=1S/C17H30BrN3/c1-5-9-19-14-15-13-16(18)7-8-17(15)21(10-6-2)12-11-20(3)4/h7-8,13,19H,5-6,9-12,14H2,1-4H3. The van der Waals surface area contributed by atoms with Crippen LogP contribution in [0.3, 0.4) is 0 Å². The fourth-order valence-corrected chi connectivity index (χ4v) is 2.76. The van der Waals surface area contributed by atoms with Crippen molar-refractivity contribution in [2.45, 2.75) is 33.2 Å². The van der Waals surface area contributed by atoms with Crippen LogP contribution in [0.4, 0.5) is 5.69 Å². The molecule has 1 rings (SSSR count). The van der Waals surface area contributed by atoms with Crippen LogP contribution in [-0.4, -0.2) is 45.2 Å². The molecule has 1 aromatic rings. The third-order valence-corrected chi connectivity index (χ3v) is 3.93. The van der Waals surface area contributed by atoms with Gasteiger partial charge in [-0.1, -0.05) is 29.8 Å². The minimum absolute atomic E-state index is 0.935. The van der Waals surface area contributed by atoms with Crippen molar-refractivity contribution in [3.63, 3.8) is 0 Å². The van der Waals surface area contributed by atoms with Crippen LogP contribution in [0.1, 0.15) is 32.3 Å². The van der Waals surface area contributed by atoms with Gasteiger partial charge < -0.3 is 15.1 Å². The molecule has 0 spiro atoms. The van der Waals surface area contributed by atoms with Crippen molar-refractivity contribution in [1.29, 1.82) is 0 Å². The lowest BCUT2D eigenvalue weighted by molar-refractivity contribution is 0.412. The van der Waals surface area contributed by atoms with E-state index in [2.05, 4.69) is 77.2 Å².